The first-order valence-corrected chi connectivity index (χ1v) is 6.86. The van der Waals surface area contributed by atoms with Crippen LogP contribution in [0.4, 0.5) is 11.4 Å². The van der Waals surface area contributed by atoms with E-state index < -0.39 is 5.41 Å². The van der Waals surface area contributed by atoms with E-state index in [1.165, 1.54) is 6.20 Å². The van der Waals surface area contributed by atoms with Crippen molar-refractivity contribution in [2.24, 2.45) is 5.41 Å². The Labute approximate surface area is 128 Å². The zero-order valence-electron chi connectivity index (χ0n) is 13.0. The van der Waals surface area contributed by atoms with Gasteiger partial charge in [-0.25, -0.2) is 0 Å². The topological polar surface area (TPSA) is 99.8 Å². The monoisotopic (exact) mass is 301 g/mol. The molecule has 0 atom stereocenters. The van der Waals surface area contributed by atoms with Gasteiger partial charge in [0.15, 0.2) is 5.69 Å². The van der Waals surface area contributed by atoms with E-state index in [4.69, 9.17) is 0 Å². The van der Waals surface area contributed by atoms with Gasteiger partial charge >= 0.3 is 0 Å². The van der Waals surface area contributed by atoms with E-state index in [9.17, 15) is 9.59 Å². The van der Waals surface area contributed by atoms with E-state index in [0.29, 0.717) is 11.4 Å². The summed E-state index contributed by atoms with van der Waals surface area (Å²) in [6.45, 7) is 7.38. The molecule has 1 aromatic heterocycles. The molecule has 0 saturated carbocycles. The average molecular weight is 301 g/mol. The summed E-state index contributed by atoms with van der Waals surface area (Å²) in [4.78, 5) is 24.0. The van der Waals surface area contributed by atoms with Gasteiger partial charge in [-0.05, 0) is 24.6 Å². The highest BCUT2D eigenvalue weighted by Gasteiger charge is 2.21. The molecule has 22 heavy (non-hydrogen) atoms. The van der Waals surface area contributed by atoms with Gasteiger partial charge in [-0.2, -0.15) is 15.4 Å². The van der Waals surface area contributed by atoms with E-state index >= 15 is 0 Å². The summed E-state index contributed by atoms with van der Waals surface area (Å²) in [6, 6.07) is 5.35. The van der Waals surface area contributed by atoms with Crippen LogP contribution in [0.2, 0.25) is 0 Å². The molecule has 0 spiro atoms. The van der Waals surface area contributed by atoms with Gasteiger partial charge in [0.05, 0.1) is 6.20 Å². The third-order valence-electron chi connectivity index (χ3n) is 3.07. The molecule has 2 aromatic rings. The van der Waals surface area contributed by atoms with Crippen molar-refractivity contribution in [2.45, 2.75) is 27.7 Å². The number of amides is 2. The first-order valence-electron chi connectivity index (χ1n) is 6.86. The second-order valence-electron chi connectivity index (χ2n) is 6.04. The minimum Gasteiger partial charge on any atom is -0.326 e. The lowest BCUT2D eigenvalue weighted by molar-refractivity contribution is -0.123. The Morgan fingerprint density at radius 3 is 2.50 bits per heavy atom. The van der Waals surface area contributed by atoms with Crippen LogP contribution in [0.15, 0.2) is 24.4 Å². The van der Waals surface area contributed by atoms with Crippen LogP contribution >= 0.6 is 0 Å². The molecule has 3 N–H and O–H groups in total. The van der Waals surface area contributed by atoms with Crippen LogP contribution < -0.4 is 10.6 Å². The second kappa shape index (κ2) is 5.97. The Bertz CT molecular complexity index is 686. The summed E-state index contributed by atoms with van der Waals surface area (Å²) in [7, 11) is 0. The van der Waals surface area contributed by atoms with Gasteiger partial charge < -0.3 is 10.6 Å². The number of nitrogens with one attached hydrogen (secondary N) is 3. The number of rotatable bonds is 3. The van der Waals surface area contributed by atoms with Crippen LogP contribution in [0.5, 0.6) is 0 Å². The molecule has 0 unspecified atom stereocenters. The van der Waals surface area contributed by atoms with Gasteiger partial charge in [0.2, 0.25) is 5.91 Å². The summed E-state index contributed by atoms with van der Waals surface area (Å²) >= 11 is 0. The Hall–Kier alpha value is -2.70. The minimum absolute atomic E-state index is 0.0925. The summed E-state index contributed by atoms with van der Waals surface area (Å²) in [5, 5.41) is 15.3. The van der Waals surface area contributed by atoms with Crippen molar-refractivity contribution in [1.29, 1.82) is 0 Å². The van der Waals surface area contributed by atoms with Crippen LogP contribution in [0, 0.1) is 12.3 Å². The lowest BCUT2D eigenvalue weighted by Gasteiger charge is -2.18. The maximum absolute atomic E-state index is 12.0. The second-order valence-corrected chi connectivity index (χ2v) is 6.04. The fourth-order valence-corrected chi connectivity index (χ4v) is 1.65. The third-order valence-corrected chi connectivity index (χ3v) is 3.07. The summed E-state index contributed by atoms with van der Waals surface area (Å²) in [5.41, 5.74) is 1.82. The van der Waals surface area contributed by atoms with Gasteiger partial charge in [0.1, 0.15) is 0 Å². The number of carbonyl (C=O) groups is 2. The summed E-state index contributed by atoms with van der Waals surface area (Å²) in [6.07, 6.45) is 1.34. The fourth-order valence-electron chi connectivity index (χ4n) is 1.65. The zero-order valence-corrected chi connectivity index (χ0v) is 13.0. The first kappa shape index (κ1) is 15.7. The fraction of sp³-hybridized carbons (Fsp3) is 0.333. The number of hydrogen-bond acceptors (Lipinski definition) is 4. The molecule has 0 fully saturated rings. The van der Waals surface area contributed by atoms with Crippen molar-refractivity contribution in [3.8, 4) is 0 Å². The minimum atomic E-state index is -0.491. The molecule has 0 aliphatic heterocycles. The molecule has 116 valence electrons. The number of anilines is 2. The van der Waals surface area contributed by atoms with Crippen LogP contribution in [0.1, 0.15) is 36.8 Å². The zero-order chi connectivity index (χ0) is 16.3. The molecular weight excluding hydrogens is 282 g/mol. The maximum Gasteiger partial charge on any atom is 0.277 e. The largest absolute Gasteiger partial charge is 0.326 e. The first-order chi connectivity index (χ1) is 10.3. The van der Waals surface area contributed by atoms with Crippen molar-refractivity contribution >= 4 is 23.2 Å². The molecule has 0 aliphatic carbocycles. The number of aromatic amines is 1. The summed E-state index contributed by atoms with van der Waals surface area (Å²) in [5.74, 6) is -0.457. The predicted molar refractivity (Wildman–Crippen MR) is 83.6 cm³/mol. The molecule has 0 saturated heterocycles. The van der Waals surface area contributed by atoms with Crippen LogP contribution in [0.25, 0.3) is 0 Å². The Balaban J connectivity index is 2.17. The van der Waals surface area contributed by atoms with Crippen LogP contribution in [0.3, 0.4) is 0 Å². The molecule has 7 nitrogen and oxygen atoms in total. The van der Waals surface area contributed by atoms with Crippen LogP contribution in [-0.2, 0) is 4.79 Å². The Morgan fingerprint density at radius 2 is 1.91 bits per heavy atom. The molecule has 0 bridgehead atoms. The number of hydrogen-bond donors (Lipinski definition) is 3. The molecule has 0 aliphatic rings. The van der Waals surface area contributed by atoms with Gasteiger partial charge in [-0.15, -0.1) is 0 Å². The quantitative estimate of drug-likeness (QED) is 0.810. The molecule has 2 amide bonds. The number of aryl methyl sites for hydroxylation is 1. The highest BCUT2D eigenvalue weighted by Crippen LogP contribution is 2.23. The Morgan fingerprint density at radius 1 is 1.18 bits per heavy atom. The molecule has 0 radical (unpaired) electrons. The average Bonchev–Trinajstić information content (AvgIpc) is 2.95. The van der Waals surface area contributed by atoms with Crippen molar-refractivity contribution < 1.29 is 9.59 Å². The maximum atomic E-state index is 12.0. The highest BCUT2D eigenvalue weighted by atomic mass is 16.2. The number of H-pyrrole nitrogens is 1. The number of nitrogens with zero attached hydrogens (tertiary/aromatic N) is 2. The molecule has 7 heteroatoms. The smallest absolute Gasteiger partial charge is 0.277 e. The van der Waals surface area contributed by atoms with Crippen molar-refractivity contribution in [1.82, 2.24) is 15.4 Å². The lowest BCUT2D eigenvalue weighted by Crippen LogP contribution is -2.27. The van der Waals surface area contributed by atoms with E-state index in [2.05, 4.69) is 26.0 Å². The number of benzene rings is 1. The summed E-state index contributed by atoms with van der Waals surface area (Å²) < 4.78 is 0. The number of carbonyl (C=O) groups excluding carboxylic acids is 2. The van der Waals surface area contributed by atoms with Crippen molar-refractivity contribution in [3.63, 3.8) is 0 Å². The normalized spacial score (nSPS) is 11.1. The number of aromatic nitrogens is 3. The molecule has 1 aromatic carbocycles. The van der Waals surface area contributed by atoms with E-state index in [-0.39, 0.29) is 17.5 Å². The standard InChI is InChI=1S/C15H19N5O2/c1-9-5-6-10(17-14(22)15(2,3)4)7-11(9)18-13(21)12-8-16-20-19-12/h5-8H,1-4H3,(H,17,22)(H,18,21)(H,16,19,20). The van der Waals surface area contributed by atoms with Gasteiger partial charge in [-0.1, -0.05) is 26.8 Å². The van der Waals surface area contributed by atoms with Crippen molar-refractivity contribution in [3.05, 3.63) is 35.7 Å². The Kier molecular flexibility index (Phi) is 4.25. The predicted octanol–water partition coefficient (Wildman–Crippen LogP) is 2.35. The molecular formula is C15H19N5O2. The third kappa shape index (κ3) is 3.69. The lowest BCUT2D eigenvalue weighted by atomic mass is 9.95. The highest BCUT2D eigenvalue weighted by molar-refractivity contribution is 6.03. The van der Waals surface area contributed by atoms with E-state index in [1.54, 1.807) is 12.1 Å². The van der Waals surface area contributed by atoms with E-state index in [1.807, 2.05) is 33.8 Å². The van der Waals surface area contributed by atoms with E-state index in [0.717, 1.165) is 5.56 Å². The molecule has 1 heterocycles. The van der Waals surface area contributed by atoms with Crippen LogP contribution in [-0.4, -0.2) is 27.2 Å². The SMILES string of the molecule is Cc1ccc(NC(=O)C(C)(C)C)cc1NC(=O)c1cn[nH]n1. The van der Waals surface area contributed by atoms with Gasteiger partial charge in [-0.3, -0.25) is 9.59 Å². The van der Waals surface area contributed by atoms with Gasteiger partial charge in [0, 0.05) is 16.8 Å². The van der Waals surface area contributed by atoms with Crippen molar-refractivity contribution in [2.75, 3.05) is 10.6 Å². The molecule has 2 rings (SSSR count). The van der Waals surface area contributed by atoms with Gasteiger partial charge in [0.25, 0.3) is 5.91 Å².